The zero-order chi connectivity index (χ0) is 18.0. The first-order valence-corrected chi connectivity index (χ1v) is 10.8. The van der Waals surface area contributed by atoms with Crippen LogP contribution in [0, 0.1) is 0 Å². The minimum atomic E-state index is -0.353. The number of fused-ring (bicyclic) bond motifs is 3. The van der Waals surface area contributed by atoms with Crippen LogP contribution in [0.4, 0.5) is 0 Å². The molecule has 2 aromatic heterocycles. The summed E-state index contributed by atoms with van der Waals surface area (Å²) in [5.41, 5.74) is 6.77. The van der Waals surface area contributed by atoms with Crippen LogP contribution in [-0.4, -0.2) is 20.7 Å². The molecule has 1 aliphatic carbocycles. The Morgan fingerprint density at radius 1 is 1.36 bits per heavy atom. The van der Waals surface area contributed by atoms with Crippen LogP contribution in [0.15, 0.2) is 9.95 Å². The van der Waals surface area contributed by atoms with Gasteiger partial charge in [0.1, 0.15) is 4.83 Å². The summed E-state index contributed by atoms with van der Waals surface area (Å²) in [7, 11) is 0. The van der Waals surface area contributed by atoms with Crippen LogP contribution in [0.5, 0.6) is 0 Å². The van der Waals surface area contributed by atoms with E-state index in [1.807, 2.05) is 6.92 Å². The Balaban J connectivity index is 2.08. The first-order chi connectivity index (χ1) is 12.1. The second kappa shape index (κ2) is 7.91. The fourth-order valence-corrected chi connectivity index (χ4v) is 5.63. The molecular formula is C18H25N3O2S2. The molecule has 0 aliphatic heterocycles. The molecule has 5 nitrogen and oxygen atoms in total. The molecule has 2 N–H and O–H groups in total. The topological polar surface area (TPSA) is 78.0 Å². The first-order valence-electron chi connectivity index (χ1n) is 9.07. The van der Waals surface area contributed by atoms with Gasteiger partial charge in [-0.2, -0.15) is 0 Å². The minimum Gasteiger partial charge on any atom is -0.369 e. The van der Waals surface area contributed by atoms with Gasteiger partial charge in [-0.15, -0.1) is 11.3 Å². The molecular weight excluding hydrogens is 354 g/mol. The molecule has 7 heteroatoms. The number of hydrogen-bond donors (Lipinski definition) is 1. The van der Waals surface area contributed by atoms with Crippen molar-refractivity contribution in [3.05, 3.63) is 20.8 Å². The number of rotatable bonds is 8. The van der Waals surface area contributed by atoms with Crippen molar-refractivity contribution in [1.82, 2.24) is 9.55 Å². The van der Waals surface area contributed by atoms with Crippen LogP contribution in [0.3, 0.4) is 0 Å². The molecule has 1 amide bonds. The smallest absolute Gasteiger partial charge is 0.263 e. The Labute approximate surface area is 156 Å². The van der Waals surface area contributed by atoms with Gasteiger partial charge in [-0.25, -0.2) is 4.98 Å². The largest absolute Gasteiger partial charge is 0.369 e. The number of hydrogen-bond acceptors (Lipinski definition) is 5. The average molecular weight is 380 g/mol. The zero-order valence-electron chi connectivity index (χ0n) is 14.8. The lowest BCUT2D eigenvalue weighted by atomic mass is 10.2. The van der Waals surface area contributed by atoms with Crippen LogP contribution < -0.4 is 11.3 Å². The van der Waals surface area contributed by atoms with E-state index in [0.29, 0.717) is 18.1 Å². The van der Waals surface area contributed by atoms with Crippen LogP contribution >= 0.6 is 23.1 Å². The van der Waals surface area contributed by atoms with Gasteiger partial charge in [-0.3, -0.25) is 14.2 Å². The van der Waals surface area contributed by atoms with Gasteiger partial charge >= 0.3 is 0 Å². The number of thiophene rings is 1. The highest BCUT2D eigenvalue weighted by molar-refractivity contribution is 8.00. The Kier molecular flexibility index (Phi) is 5.84. The summed E-state index contributed by atoms with van der Waals surface area (Å²) < 4.78 is 1.78. The first kappa shape index (κ1) is 18.5. The van der Waals surface area contributed by atoms with Crippen molar-refractivity contribution in [2.45, 2.75) is 75.7 Å². The maximum Gasteiger partial charge on any atom is 0.263 e. The van der Waals surface area contributed by atoms with Gasteiger partial charge < -0.3 is 5.73 Å². The molecule has 3 rings (SSSR count). The molecule has 1 aliphatic rings. The molecule has 0 saturated heterocycles. The molecule has 25 heavy (non-hydrogen) atoms. The normalized spacial score (nSPS) is 14.8. The maximum absolute atomic E-state index is 13.2. The van der Waals surface area contributed by atoms with Gasteiger partial charge in [-0.05, 0) is 37.7 Å². The maximum atomic E-state index is 13.2. The second-order valence-electron chi connectivity index (χ2n) is 6.51. The van der Waals surface area contributed by atoms with Crippen molar-refractivity contribution >= 4 is 39.2 Å². The van der Waals surface area contributed by atoms with Crippen molar-refractivity contribution in [3.8, 4) is 0 Å². The van der Waals surface area contributed by atoms with Crippen molar-refractivity contribution < 1.29 is 4.79 Å². The number of unbranched alkanes of at least 4 members (excludes halogenated alkanes) is 2. The van der Waals surface area contributed by atoms with Crippen LogP contribution in [0.25, 0.3) is 10.2 Å². The standard InChI is InChI=1S/C18H25N3O2S2/c1-3-5-6-10-21-17(23)14-11-8-7-9-13(11)24-16(14)20-18(21)25-12(4-2)15(19)22/h12H,3-10H2,1-2H3,(H2,19,22). The highest BCUT2D eigenvalue weighted by Crippen LogP contribution is 2.36. The number of aromatic nitrogens is 2. The Morgan fingerprint density at radius 3 is 2.84 bits per heavy atom. The molecule has 0 saturated carbocycles. The molecule has 0 fully saturated rings. The highest BCUT2D eigenvalue weighted by atomic mass is 32.2. The van der Waals surface area contributed by atoms with E-state index in [0.717, 1.165) is 48.7 Å². The molecule has 1 unspecified atom stereocenters. The van der Waals surface area contributed by atoms with Gasteiger partial charge in [0, 0.05) is 11.4 Å². The highest BCUT2D eigenvalue weighted by Gasteiger charge is 2.25. The van der Waals surface area contributed by atoms with Gasteiger partial charge in [0.05, 0.1) is 10.6 Å². The molecule has 2 heterocycles. The lowest BCUT2D eigenvalue weighted by Crippen LogP contribution is -2.28. The van der Waals surface area contributed by atoms with Crippen molar-refractivity contribution in [1.29, 1.82) is 0 Å². The monoisotopic (exact) mass is 379 g/mol. The van der Waals surface area contributed by atoms with Gasteiger partial charge in [-0.1, -0.05) is 38.5 Å². The van der Waals surface area contributed by atoms with Crippen LogP contribution in [0.2, 0.25) is 0 Å². The number of carbonyl (C=O) groups is 1. The minimum absolute atomic E-state index is 0.0577. The van der Waals surface area contributed by atoms with Crippen molar-refractivity contribution in [2.24, 2.45) is 5.73 Å². The number of aryl methyl sites for hydroxylation is 2. The van der Waals surface area contributed by atoms with E-state index in [-0.39, 0.29) is 16.7 Å². The third-order valence-electron chi connectivity index (χ3n) is 4.71. The zero-order valence-corrected chi connectivity index (χ0v) is 16.5. The van der Waals surface area contributed by atoms with Gasteiger partial charge in [0.25, 0.3) is 5.56 Å². The second-order valence-corrected chi connectivity index (χ2v) is 8.77. The molecule has 1 atom stereocenters. The summed E-state index contributed by atoms with van der Waals surface area (Å²) in [6, 6.07) is 0. The number of nitrogens with two attached hydrogens (primary N) is 1. The van der Waals surface area contributed by atoms with E-state index in [4.69, 9.17) is 10.7 Å². The quantitative estimate of drug-likeness (QED) is 0.433. The number of carbonyl (C=O) groups excluding carboxylic acids is 1. The summed E-state index contributed by atoms with van der Waals surface area (Å²) in [5, 5.41) is 1.10. The third-order valence-corrected chi connectivity index (χ3v) is 7.27. The summed E-state index contributed by atoms with van der Waals surface area (Å²) in [4.78, 5) is 31.8. The average Bonchev–Trinajstić information content (AvgIpc) is 3.15. The van der Waals surface area contributed by atoms with Crippen molar-refractivity contribution in [2.75, 3.05) is 0 Å². The number of primary amides is 1. The SMILES string of the molecule is CCCCCn1c(SC(CC)C(N)=O)nc2sc3c(c2c1=O)CCC3. The summed E-state index contributed by atoms with van der Waals surface area (Å²) in [6.07, 6.45) is 6.89. The predicted octanol–water partition coefficient (Wildman–Crippen LogP) is 3.49. The molecule has 136 valence electrons. The summed E-state index contributed by atoms with van der Waals surface area (Å²) in [5.74, 6) is -0.351. The summed E-state index contributed by atoms with van der Waals surface area (Å²) in [6.45, 7) is 4.73. The Morgan fingerprint density at radius 2 is 2.16 bits per heavy atom. The lowest BCUT2D eigenvalue weighted by Gasteiger charge is -2.15. The predicted molar refractivity (Wildman–Crippen MR) is 105 cm³/mol. The van der Waals surface area contributed by atoms with Crippen molar-refractivity contribution in [3.63, 3.8) is 0 Å². The van der Waals surface area contributed by atoms with E-state index in [9.17, 15) is 9.59 Å². The van der Waals surface area contributed by atoms with Crippen LogP contribution in [0.1, 0.15) is 56.4 Å². The third kappa shape index (κ3) is 3.62. The molecule has 0 bridgehead atoms. The Bertz CT molecular complexity index is 841. The van der Waals surface area contributed by atoms with E-state index >= 15 is 0 Å². The number of thioether (sulfide) groups is 1. The fraction of sp³-hybridized carbons (Fsp3) is 0.611. The molecule has 0 radical (unpaired) electrons. The fourth-order valence-electron chi connectivity index (χ4n) is 3.34. The Hall–Kier alpha value is -1.34. The number of amides is 1. The van der Waals surface area contributed by atoms with Gasteiger partial charge in [0.15, 0.2) is 5.16 Å². The van der Waals surface area contributed by atoms with E-state index < -0.39 is 0 Å². The number of nitrogens with zero attached hydrogens (tertiary/aromatic N) is 2. The van der Waals surface area contributed by atoms with E-state index in [1.165, 1.54) is 22.2 Å². The van der Waals surface area contributed by atoms with Crippen LogP contribution in [-0.2, 0) is 24.2 Å². The molecule has 0 aromatic carbocycles. The lowest BCUT2D eigenvalue weighted by molar-refractivity contribution is -0.117. The molecule has 0 spiro atoms. The summed E-state index contributed by atoms with van der Waals surface area (Å²) >= 11 is 2.98. The molecule has 2 aromatic rings. The van der Waals surface area contributed by atoms with Gasteiger partial charge in [0.2, 0.25) is 5.91 Å². The van der Waals surface area contributed by atoms with E-state index in [1.54, 1.807) is 15.9 Å². The van der Waals surface area contributed by atoms with E-state index in [2.05, 4.69) is 6.92 Å².